The van der Waals surface area contributed by atoms with Crippen molar-refractivity contribution in [2.45, 2.75) is 31.1 Å². The average Bonchev–Trinajstić information content (AvgIpc) is 3.27. The van der Waals surface area contributed by atoms with Gasteiger partial charge in [0.15, 0.2) is 0 Å². The molecule has 1 aliphatic heterocycles. The van der Waals surface area contributed by atoms with Crippen molar-refractivity contribution in [1.29, 1.82) is 0 Å². The van der Waals surface area contributed by atoms with Gasteiger partial charge in [-0.15, -0.1) is 11.3 Å². The second kappa shape index (κ2) is 10.0. The summed E-state index contributed by atoms with van der Waals surface area (Å²) in [6.07, 6.45) is 3.19. The Bertz CT molecular complexity index is 1330. The number of carbonyl (C=O) groups excluding carboxylic acids is 2. The van der Waals surface area contributed by atoms with E-state index in [1.165, 1.54) is 36.6 Å². The van der Waals surface area contributed by atoms with Gasteiger partial charge in [0.05, 0.1) is 12.0 Å². The van der Waals surface area contributed by atoms with E-state index >= 15 is 0 Å². The Morgan fingerprint density at radius 3 is 2.53 bits per heavy atom. The molecule has 0 unspecified atom stereocenters. The first kappa shape index (κ1) is 24.0. The summed E-state index contributed by atoms with van der Waals surface area (Å²) in [5, 5.41) is 3.44. The van der Waals surface area contributed by atoms with Crippen LogP contribution in [0.5, 0.6) is 5.75 Å². The molecular formula is C24H27N3O5S2. The largest absolute Gasteiger partial charge is 0.495 e. The number of amides is 2. The van der Waals surface area contributed by atoms with Gasteiger partial charge in [-0.3, -0.25) is 14.3 Å². The SMILES string of the molecule is CCNC(=O)c1ccc(OC)c(S(=O)(=O)Nc2ccc3sc(C(=O)N4CCCCC4)cc3c2)c1. The van der Waals surface area contributed by atoms with Crippen molar-refractivity contribution >= 4 is 48.9 Å². The minimum absolute atomic E-state index is 0.0231. The van der Waals surface area contributed by atoms with Crippen LogP contribution < -0.4 is 14.8 Å². The van der Waals surface area contributed by atoms with Crippen molar-refractivity contribution in [2.24, 2.45) is 0 Å². The van der Waals surface area contributed by atoms with E-state index in [1.54, 1.807) is 25.1 Å². The summed E-state index contributed by atoms with van der Waals surface area (Å²) < 4.78 is 35.1. The van der Waals surface area contributed by atoms with Crippen LogP contribution in [0.2, 0.25) is 0 Å². The fraction of sp³-hybridized carbons (Fsp3) is 0.333. The highest BCUT2D eigenvalue weighted by atomic mass is 32.2. The third-order valence-corrected chi connectivity index (χ3v) is 8.18. The zero-order valence-corrected chi connectivity index (χ0v) is 20.7. The number of thiophene rings is 1. The lowest BCUT2D eigenvalue weighted by Gasteiger charge is -2.26. The van der Waals surface area contributed by atoms with Gasteiger partial charge < -0.3 is 15.0 Å². The first-order chi connectivity index (χ1) is 16.3. The number of benzene rings is 2. The van der Waals surface area contributed by atoms with E-state index in [2.05, 4.69) is 10.0 Å². The van der Waals surface area contributed by atoms with Gasteiger partial charge in [-0.2, -0.15) is 0 Å². The van der Waals surface area contributed by atoms with Crippen LogP contribution in [-0.4, -0.2) is 51.9 Å². The van der Waals surface area contributed by atoms with Crippen LogP contribution >= 0.6 is 11.3 Å². The molecule has 0 spiro atoms. The first-order valence-corrected chi connectivity index (χ1v) is 13.4. The maximum absolute atomic E-state index is 13.2. The standard InChI is InChI=1S/C24H27N3O5S2/c1-3-25-23(28)16-7-9-19(32-2)22(15-16)34(30,31)26-18-8-10-20-17(13-18)14-21(33-20)24(29)27-11-5-4-6-12-27/h7-10,13-15,26H,3-6,11-12H2,1-2H3,(H,25,28). The molecule has 0 bridgehead atoms. The third kappa shape index (κ3) is 5.02. The number of hydrogen-bond donors (Lipinski definition) is 2. The molecule has 0 saturated carbocycles. The molecule has 34 heavy (non-hydrogen) atoms. The Balaban J connectivity index is 1.61. The van der Waals surface area contributed by atoms with Crippen molar-refractivity contribution in [2.75, 3.05) is 31.5 Å². The molecule has 0 radical (unpaired) electrons. The molecule has 0 atom stereocenters. The Hall–Kier alpha value is -3.11. The summed E-state index contributed by atoms with van der Waals surface area (Å²) in [6, 6.07) is 11.2. The molecule has 1 saturated heterocycles. The lowest BCUT2D eigenvalue weighted by molar-refractivity contribution is 0.0729. The maximum Gasteiger partial charge on any atom is 0.265 e. The van der Waals surface area contributed by atoms with Crippen LogP contribution in [0.15, 0.2) is 47.4 Å². The second-order valence-electron chi connectivity index (χ2n) is 8.05. The predicted octanol–water partition coefficient (Wildman–Crippen LogP) is 4.09. The van der Waals surface area contributed by atoms with Gasteiger partial charge in [-0.1, -0.05) is 0 Å². The summed E-state index contributed by atoms with van der Waals surface area (Å²) in [4.78, 5) is 27.4. The van der Waals surface area contributed by atoms with Gasteiger partial charge in [-0.25, -0.2) is 8.42 Å². The predicted molar refractivity (Wildman–Crippen MR) is 133 cm³/mol. The highest BCUT2D eigenvalue weighted by Crippen LogP contribution is 2.32. The fourth-order valence-electron chi connectivity index (χ4n) is 3.97. The molecule has 1 aromatic heterocycles. The average molecular weight is 502 g/mol. The topological polar surface area (TPSA) is 105 Å². The first-order valence-electron chi connectivity index (χ1n) is 11.1. The third-order valence-electron chi connectivity index (χ3n) is 5.68. The van der Waals surface area contributed by atoms with Crippen LogP contribution in [0.1, 0.15) is 46.2 Å². The Morgan fingerprint density at radius 1 is 1.06 bits per heavy atom. The van der Waals surface area contributed by atoms with Crippen LogP contribution in [0, 0.1) is 0 Å². The number of sulfonamides is 1. The number of anilines is 1. The number of methoxy groups -OCH3 is 1. The zero-order valence-electron chi connectivity index (χ0n) is 19.1. The quantitative estimate of drug-likeness (QED) is 0.508. The number of carbonyl (C=O) groups is 2. The normalized spacial score (nSPS) is 14.1. The minimum Gasteiger partial charge on any atom is -0.495 e. The zero-order chi connectivity index (χ0) is 24.3. The van der Waals surface area contributed by atoms with E-state index in [9.17, 15) is 18.0 Å². The number of nitrogens with one attached hydrogen (secondary N) is 2. The number of fused-ring (bicyclic) bond motifs is 1. The summed E-state index contributed by atoms with van der Waals surface area (Å²) in [6.45, 7) is 3.76. The van der Waals surface area contributed by atoms with E-state index in [-0.39, 0.29) is 28.0 Å². The number of ether oxygens (including phenoxy) is 1. The van der Waals surface area contributed by atoms with Crippen LogP contribution in [0.4, 0.5) is 5.69 Å². The molecule has 4 rings (SSSR count). The van der Waals surface area contributed by atoms with Crippen molar-refractivity contribution < 1.29 is 22.7 Å². The number of nitrogens with zero attached hydrogens (tertiary/aromatic N) is 1. The van der Waals surface area contributed by atoms with E-state index in [1.807, 2.05) is 11.0 Å². The van der Waals surface area contributed by atoms with Crippen LogP contribution in [0.3, 0.4) is 0 Å². The molecule has 1 fully saturated rings. The molecule has 8 nitrogen and oxygen atoms in total. The molecule has 2 heterocycles. The summed E-state index contributed by atoms with van der Waals surface area (Å²) >= 11 is 1.41. The number of rotatable bonds is 7. The van der Waals surface area contributed by atoms with Gasteiger partial charge in [-0.05, 0) is 74.0 Å². The molecule has 180 valence electrons. The van der Waals surface area contributed by atoms with Crippen molar-refractivity contribution in [1.82, 2.24) is 10.2 Å². The van der Waals surface area contributed by atoms with Crippen LogP contribution in [-0.2, 0) is 10.0 Å². The number of piperidine rings is 1. The minimum atomic E-state index is -4.05. The summed E-state index contributed by atoms with van der Waals surface area (Å²) in [5.41, 5.74) is 0.574. The highest BCUT2D eigenvalue weighted by molar-refractivity contribution is 7.92. The van der Waals surface area contributed by atoms with Gasteiger partial charge in [0.2, 0.25) is 0 Å². The Kier molecular flexibility index (Phi) is 7.08. The van der Waals surface area contributed by atoms with Crippen molar-refractivity contribution in [3.63, 3.8) is 0 Å². The summed E-state index contributed by atoms with van der Waals surface area (Å²) in [5.74, 6) is -0.214. The Morgan fingerprint density at radius 2 is 1.82 bits per heavy atom. The van der Waals surface area contributed by atoms with E-state index in [4.69, 9.17) is 4.74 Å². The summed E-state index contributed by atoms with van der Waals surface area (Å²) in [7, 11) is -2.68. The molecule has 2 amide bonds. The van der Waals surface area contributed by atoms with E-state index in [0.29, 0.717) is 17.1 Å². The number of hydrogen-bond acceptors (Lipinski definition) is 6. The van der Waals surface area contributed by atoms with Crippen molar-refractivity contribution in [3.05, 3.63) is 52.9 Å². The molecule has 3 aromatic rings. The van der Waals surface area contributed by atoms with E-state index in [0.717, 1.165) is 42.4 Å². The monoisotopic (exact) mass is 501 g/mol. The van der Waals surface area contributed by atoms with Gasteiger partial charge >= 0.3 is 0 Å². The maximum atomic E-state index is 13.2. The lowest BCUT2D eigenvalue weighted by Crippen LogP contribution is -2.35. The Labute approximate surface area is 203 Å². The number of likely N-dealkylation sites (tertiary alicyclic amines) is 1. The highest BCUT2D eigenvalue weighted by Gasteiger charge is 2.23. The fourth-order valence-corrected chi connectivity index (χ4v) is 6.22. The molecular weight excluding hydrogens is 474 g/mol. The van der Waals surface area contributed by atoms with Crippen LogP contribution in [0.25, 0.3) is 10.1 Å². The smallest absolute Gasteiger partial charge is 0.265 e. The molecule has 2 aromatic carbocycles. The van der Waals surface area contributed by atoms with Gasteiger partial charge in [0.1, 0.15) is 10.6 Å². The van der Waals surface area contributed by atoms with E-state index < -0.39 is 10.0 Å². The van der Waals surface area contributed by atoms with Crippen molar-refractivity contribution in [3.8, 4) is 5.75 Å². The lowest BCUT2D eigenvalue weighted by atomic mass is 10.1. The molecule has 10 heteroatoms. The van der Waals surface area contributed by atoms with Gasteiger partial charge in [0, 0.05) is 35.6 Å². The molecule has 0 aliphatic carbocycles. The molecule has 2 N–H and O–H groups in total. The van der Waals surface area contributed by atoms with Gasteiger partial charge in [0.25, 0.3) is 21.8 Å². The second-order valence-corrected chi connectivity index (χ2v) is 10.8. The molecule has 1 aliphatic rings.